The molecule has 1 aromatic carbocycles. The van der Waals surface area contributed by atoms with Gasteiger partial charge in [0.15, 0.2) is 0 Å². The third-order valence-corrected chi connectivity index (χ3v) is 4.73. The smallest absolute Gasteiger partial charge is 0.275 e. The second-order valence-electron chi connectivity index (χ2n) is 5.06. The van der Waals surface area contributed by atoms with Crippen molar-refractivity contribution in [3.63, 3.8) is 0 Å². The van der Waals surface area contributed by atoms with E-state index >= 15 is 0 Å². The molecule has 0 saturated heterocycles. The molecule has 2 heterocycles. The summed E-state index contributed by atoms with van der Waals surface area (Å²) in [4.78, 5) is 14.8. The standard InChI is InChI=1S/C15H17N3OS/c1-10-8-11-4-2-3-5-13(11)18(10)9-12-6-7-20-14(12)15(19)17-16/h2-7,10H,8-9,16H2,1H3,(H,17,19). The summed E-state index contributed by atoms with van der Waals surface area (Å²) < 4.78 is 0. The van der Waals surface area contributed by atoms with Gasteiger partial charge in [-0.1, -0.05) is 18.2 Å². The number of hydrogen-bond donors (Lipinski definition) is 2. The molecule has 4 nitrogen and oxygen atoms in total. The predicted molar refractivity (Wildman–Crippen MR) is 81.8 cm³/mol. The number of fused-ring (bicyclic) bond motifs is 1. The van der Waals surface area contributed by atoms with E-state index < -0.39 is 0 Å². The summed E-state index contributed by atoms with van der Waals surface area (Å²) in [5.41, 5.74) is 5.89. The van der Waals surface area contributed by atoms with Gasteiger partial charge in [-0.15, -0.1) is 11.3 Å². The highest BCUT2D eigenvalue weighted by Gasteiger charge is 2.26. The predicted octanol–water partition coefficient (Wildman–Crippen LogP) is 2.30. The van der Waals surface area contributed by atoms with Gasteiger partial charge in [-0.2, -0.15) is 0 Å². The fourth-order valence-electron chi connectivity index (χ4n) is 2.78. The second-order valence-corrected chi connectivity index (χ2v) is 5.97. The van der Waals surface area contributed by atoms with Gasteiger partial charge in [-0.25, -0.2) is 5.84 Å². The molecule has 0 bridgehead atoms. The number of para-hydroxylation sites is 1. The van der Waals surface area contributed by atoms with E-state index in [1.807, 2.05) is 11.4 Å². The van der Waals surface area contributed by atoms with Crippen LogP contribution in [0.15, 0.2) is 35.7 Å². The largest absolute Gasteiger partial charge is 0.364 e. The molecule has 1 aromatic heterocycles. The number of benzene rings is 1. The summed E-state index contributed by atoms with van der Waals surface area (Å²) in [5.74, 6) is 5.02. The maximum Gasteiger partial charge on any atom is 0.275 e. The highest BCUT2D eigenvalue weighted by Crippen LogP contribution is 2.34. The molecule has 2 aromatic rings. The van der Waals surface area contributed by atoms with E-state index in [-0.39, 0.29) is 5.91 Å². The van der Waals surface area contributed by atoms with Gasteiger partial charge in [0.05, 0.1) is 4.88 Å². The Morgan fingerprint density at radius 3 is 3.05 bits per heavy atom. The van der Waals surface area contributed by atoms with Crippen LogP contribution in [0.2, 0.25) is 0 Å². The SMILES string of the molecule is CC1Cc2ccccc2N1Cc1ccsc1C(=O)NN. The van der Waals surface area contributed by atoms with Crippen LogP contribution in [-0.4, -0.2) is 11.9 Å². The van der Waals surface area contributed by atoms with E-state index in [4.69, 9.17) is 5.84 Å². The minimum atomic E-state index is -0.213. The summed E-state index contributed by atoms with van der Waals surface area (Å²) >= 11 is 1.43. The van der Waals surface area contributed by atoms with Gasteiger partial charge in [0.25, 0.3) is 5.91 Å². The summed E-state index contributed by atoms with van der Waals surface area (Å²) in [5, 5.41) is 1.94. The maximum atomic E-state index is 11.8. The number of hydrazine groups is 1. The Labute approximate surface area is 122 Å². The van der Waals surface area contributed by atoms with Crippen LogP contribution in [0.3, 0.4) is 0 Å². The molecule has 1 aliphatic heterocycles. The van der Waals surface area contributed by atoms with Crippen molar-refractivity contribution in [3.05, 3.63) is 51.7 Å². The number of nitrogen functional groups attached to an aromatic ring is 1. The van der Waals surface area contributed by atoms with Gasteiger partial charge in [0.1, 0.15) is 0 Å². The van der Waals surface area contributed by atoms with Crippen LogP contribution < -0.4 is 16.2 Å². The van der Waals surface area contributed by atoms with Crippen molar-refractivity contribution in [2.45, 2.75) is 25.9 Å². The molecular formula is C15H17N3OS. The van der Waals surface area contributed by atoms with Crippen LogP contribution >= 0.6 is 11.3 Å². The average molecular weight is 287 g/mol. The molecule has 0 radical (unpaired) electrons. The first-order valence-corrected chi connectivity index (χ1v) is 7.50. The molecule has 0 aliphatic carbocycles. The Balaban J connectivity index is 1.89. The van der Waals surface area contributed by atoms with Crippen molar-refractivity contribution in [1.29, 1.82) is 0 Å². The lowest BCUT2D eigenvalue weighted by atomic mass is 10.1. The number of hydrogen-bond acceptors (Lipinski definition) is 4. The molecule has 0 spiro atoms. The van der Waals surface area contributed by atoms with Crippen LogP contribution in [0.4, 0.5) is 5.69 Å². The Morgan fingerprint density at radius 1 is 1.45 bits per heavy atom. The maximum absolute atomic E-state index is 11.8. The zero-order valence-electron chi connectivity index (χ0n) is 11.3. The lowest BCUT2D eigenvalue weighted by Gasteiger charge is -2.25. The van der Waals surface area contributed by atoms with E-state index in [1.165, 1.54) is 22.6 Å². The number of thiophene rings is 1. The third kappa shape index (κ3) is 2.19. The first kappa shape index (κ1) is 13.1. The fraction of sp³-hybridized carbons (Fsp3) is 0.267. The van der Waals surface area contributed by atoms with Gasteiger partial charge in [0.2, 0.25) is 0 Å². The molecule has 3 rings (SSSR count). The topological polar surface area (TPSA) is 58.4 Å². The van der Waals surface area contributed by atoms with E-state index in [0.29, 0.717) is 10.9 Å². The van der Waals surface area contributed by atoms with Crippen molar-refractivity contribution >= 4 is 22.9 Å². The van der Waals surface area contributed by atoms with Crippen molar-refractivity contribution in [2.75, 3.05) is 4.90 Å². The molecule has 20 heavy (non-hydrogen) atoms. The minimum absolute atomic E-state index is 0.213. The normalized spacial score (nSPS) is 17.1. The first-order valence-electron chi connectivity index (χ1n) is 6.62. The molecule has 0 fully saturated rings. The average Bonchev–Trinajstić information content (AvgIpc) is 3.04. The highest BCUT2D eigenvalue weighted by molar-refractivity contribution is 7.12. The molecule has 1 atom stereocenters. The Morgan fingerprint density at radius 2 is 2.25 bits per heavy atom. The Kier molecular flexibility index (Phi) is 3.46. The van der Waals surface area contributed by atoms with Crippen LogP contribution in [-0.2, 0) is 13.0 Å². The molecule has 5 heteroatoms. The zero-order valence-corrected chi connectivity index (χ0v) is 12.1. The van der Waals surface area contributed by atoms with Crippen LogP contribution in [0.5, 0.6) is 0 Å². The fourth-order valence-corrected chi connectivity index (χ4v) is 3.60. The molecule has 104 valence electrons. The van der Waals surface area contributed by atoms with Gasteiger partial charge < -0.3 is 4.90 Å². The number of carbonyl (C=O) groups is 1. The number of rotatable bonds is 3. The summed E-state index contributed by atoms with van der Waals surface area (Å²) in [6.07, 6.45) is 1.05. The van der Waals surface area contributed by atoms with E-state index in [0.717, 1.165) is 18.5 Å². The summed E-state index contributed by atoms with van der Waals surface area (Å²) in [7, 11) is 0. The molecule has 1 amide bonds. The zero-order chi connectivity index (χ0) is 14.1. The van der Waals surface area contributed by atoms with Gasteiger partial charge in [0, 0.05) is 18.3 Å². The van der Waals surface area contributed by atoms with Crippen LogP contribution in [0.1, 0.15) is 27.7 Å². The molecule has 0 saturated carbocycles. The number of amides is 1. The van der Waals surface area contributed by atoms with Crippen molar-refractivity contribution in [1.82, 2.24) is 5.43 Å². The number of carbonyl (C=O) groups excluding carboxylic acids is 1. The molecule has 3 N–H and O–H groups in total. The number of nitrogens with one attached hydrogen (secondary N) is 1. The minimum Gasteiger partial charge on any atom is -0.364 e. The van der Waals surface area contributed by atoms with Gasteiger partial charge in [-0.3, -0.25) is 10.2 Å². The van der Waals surface area contributed by atoms with E-state index in [9.17, 15) is 4.79 Å². The summed E-state index contributed by atoms with van der Waals surface area (Å²) in [6, 6.07) is 10.9. The first-order chi connectivity index (χ1) is 9.70. The van der Waals surface area contributed by atoms with Crippen molar-refractivity contribution in [3.8, 4) is 0 Å². The van der Waals surface area contributed by atoms with Crippen LogP contribution in [0.25, 0.3) is 0 Å². The lowest BCUT2D eigenvalue weighted by molar-refractivity contribution is 0.0957. The Hall–Kier alpha value is -1.85. The van der Waals surface area contributed by atoms with Crippen LogP contribution in [0, 0.1) is 0 Å². The Bertz CT molecular complexity index is 638. The van der Waals surface area contributed by atoms with Gasteiger partial charge >= 0.3 is 0 Å². The van der Waals surface area contributed by atoms with E-state index in [1.54, 1.807) is 0 Å². The molecular weight excluding hydrogens is 270 g/mol. The molecule has 1 aliphatic rings. The van der Waals surface area contributed by atoms with Crippen molar-refractivity contribution in [2.24, 2.45) is 5.84 Å². The quantitative estimate of drug-likeness (QED) is 0.517. The number of nitrogens with zero attached hydrogens (tertiary/aromatic N) is 1. The third-order valence-electron chi connectivity index (χ3n) is 3.77. The van der Waals surface area contributed by atoms with Crippen molar-refractivity contribution < 1.29 is 4.79 Å². The molecule has 1 unspecified atom stereocenters. The van der Waals surface area contributed by atoms with E-state index in [2.05, 4.69) is 41.5 Å². The number of anilines is 1. The lowest BCUT2D eigenvalue weighted by Crippen LogP contribution is -2.32. The second kappa shape index (κ2) is 5.26. The monoisotopic (exact) mass is 287 g/mol. The van der Waals surface area contributed by atoms with Gasteiger partial charge in [-0.05, 0) is 42.0 Å². The summed E-state index contributed by atoms with van der Waals surface area (Å²) in [6.45, 7) is 2.96. The number of nitrogens with two attached hydrogens (primary N) is 1. The highest BCUT2D eigenvalue weighted by atomic mass is 32.1.